The fourth-order valence-electron chi connectivity index (χ4n) is 3.54. The molecule has 0 aliphatic heterocycles. The quantitative estimate of drug-likeness (QED) is 0.413. The molecule has 31 heavy (non-hydrogen) atoms. The highest BCUT2D eigenvalue weighted by Crippen LogP contribution is 2.17. The van der Waals surface area contributed by atoms with E-state index in [2.05, 4.69) is 40.2 Å². The molecule has 0 atom stereocenters. The monoisotopic (exact) mass is 429 g/mol. The minimum atomic E-state index is -0.00560. The number of carbonyl (C=O) groups is 1. The zero-order valence-corrected chi connectivity index (χ0v) is 17.9. The van der Waals surface area contributed by atoms with E-state index < -0.39 is 0 Å². The molecule has 4 aromatic rings. The standard InChI is InChI=1S/C26H24ClN3O/c27-22-14-12-21(13-15-22)19-26(31)28-17-16-25-29-23-10-4-5-11-24(23)30(25)18-6-9-20-7-2-1-3-8-20/h1-15H,16-19H2,(H,28,31)/b9-6+. The number of para-hydroxylation sites is 2. The number of amides is 1. The average molecular weight is 430 g/mol. The molecule has 0 aliphatic carbocycles. The van der Waals surface area contributed by atoms with E-state index in [0.29, 0.717) is 24.4 Å². The van der Waals surface area contributed by atoms with Crippen molar-refractivity contribution in [1.29, 1.82) is 0 Å². The molecule has 0 saturated carbocycles. The van der Waals surface area contributed by atoms with Crippen LogP contribution in [0, 0.1) is 0 Å². The first kappa shape index (κ1) is 20.9. The summed E-state index contributed by atoms with van der Waals surface area (Å²) in [6, 6.07) is 25.7. The van der Waals surface area contributed by atoms with Gasteiger partial charge in [0.05, 0.1) is 17.5 Å². The van der Waals surface area contributed by atoms with Crippen LogP contribution in [0.1, 0.15) is 17.0 Å². The minimum Gasteiger partial charge on any atom is -0.355 e. The summed E-state index contributed by atoms with van der Waals surface area (Å²) in [5.41, 5.74) is 4.18. The molecule has 156 valence electrons. The molecular formula is C26H24ClN3O. The first-order valence-corrected chi connectivity index (χ1v) is 10.7. The van der Waals surface area contributed by atoms with Gasteiger partial charge in [0.1, 0.15) is 5.82 Å². The van der Waals surface area contributed by atoms with Gasteiger partial charge >= 0.3 is 0 Å². The molecule has 5 heteroatoms. The maximum atomic E-state index is 12.3. The molecule has 3 aromatic carbocycles. The third-order valence-corrected chi connectivity index (χ3v) is 5.33. The second-order valence-electron chi connectivity index (χ2n) is 7.34. The molecule has 0 fully saturated rings. The molecule has 4 nitrogen and oxygen atoms in total. The molecule has 1 aromatic heterocycles. The molecular weight excluding hydrogens is 406 g/mol. The Morgan fingerprint density at radius 1 is 0.968 bits per heavy atom. The van der Waals surface area contributed by atoms with E-state index in [4.69, 9.17) is 16.6 Å². The Balaban J connectivity index is 1.41. The van der Waals surface area contributed by atoms with Crippen molar-refractivity contribution in [2.75, 3.05) is 6.54 Å². The molecule has 4 rings (SSSR count). The molecule has 1 heterocycles. The van der Waals surface area contributed by atoms with Crippen LogP contribution < -0.4 is 5.32 Å². The molecule has 1 amide bonds. The summed E-state index contributed by atoms with van der Waals surface area (Å²) in [5.74, 6) is 0.958. The van der Waals surface area contributed by atoms with Crippen LogP contribution in [-0.4, -0.2) is 22.0 Å². The Bertz CT molecular complexity index is 1180. The van der Waals surface area contributed by atoms with Gasteiger partial charge in [-0.1, -0.05) is 78.4 Å². The Morgan fingerprint density at radius 3 is 2.52 bits per heavy atom. The first-order valence-electron chi connectivity index (χ1n) is 10.4. The van der Waals surface area contributed by atoms with Crippen molar-refractivity contribution >= 4 is 34.6 Å². The maximum Gasteiger partial charge on any atom is 0.224 e. The van der Waals surface area contributed by atoms with Crippen LogP contribution >= 0.6 is 11.6 Å². The van der Waals surface area contributed by atoms with Gasteiger partial charge in [-0.25, -0.2) is 4.98 Å². The largest absolute Gasteiger partial charge is 0.355 e. The molecule has 0 radical (unpaired) electrons. The predicted molar refractivity (Wildman–Crippen MR) is 127 cm³/mol. The second-order valence-corrected chi connectivity index (χ2v) is 7.78. The molecule has 0 aliphatic rings. The van der Waals surface area contributed by atoms with Gasteiger partial charge in [0, 0.05) is 24.5 Å². The van der Waals surface area contributed by atoms with Crippen LogP contribution in [0.5, 0.6) is 0 Å². The molecule has 0 bridgehead atoms. The van der Waals surface area contributed by atoms with Crippen molar-refractivity contribution in [2.45, 2.75) is 19.4 Å². The number of allylic oxidation sites excluding steroid dienone is 1. The Labute approximate surface area is 187 Å². The van der Waals surface area contributed by atoms with Crippen molar-refractivity contribution in [2.24, 2.45) is 0 Å². The van der Waals surface area contributed by atoms with E-state index >= 15 is 0 Å². The molecule has 0 saturated heterocycles. The van der Waals surface area contributed by atoms with Gasteiger partial charge in [-0.05, 0) is 35.4 Å². The fourth-order valence-corrected chi connectivity index (χ4v) is 3.67. The molecule has 0 unspecified atom stereocenters. The van der Waals surface area contributed by atoms with Crippen molar-refractivity contribution in [3.63, 3.8) is 0 Å². The van der Waals surface area contributed by atoms with Crippen LogP contribution in [0.15, 0.2) is 84.9 Å². The number of fused-ring (bicyclic) bond motifs is 1. The smallest absolute Gasteiger partial charge is 0.224 e. The van der Waals surface area contributed by atoms with Crippen LogP contribution in [0.25, 0.3) is 17.1 Å². The fraction of sp³-hybridized carbons (Fsp3) is 0.154. The lowest BCUT2D eigenvalue weighted by Gasteiger charge is -2.08. The van der Waals surface area contributed by atoms with Crippen LogP contribution in [0.4, 0.5) is 0 Å². The first-order chi connectivity index (χ1) is 15.2. The lowest BCUT2D eigenvalue weighted by Crippen LogP contribution is -2.27. The zero-order chi connectivity index (χ0) is 21.5. The summed E-state index contributed by atoms with van der Waals surface area (Å²) in [6.45, 7) is 1.27. The number of nitrogens with zero attached hydrogens (tertiary/aromatic N) is 2. The van der Waals surface area contributed by atoms with Gasteiger partial charge < -0.3 is 9.88 Å². The lowest BCUT2D eigenvalue weighted by atomic mass is 10.1. The third-order valence-electron chi connectivity index (χ3n) is 5.08. The number of imidazole rings is 1. The summed E-state index contributed by atoms with van der Waals surface area (Å²) in [7, 11) is 0. The topological polar surface area (TPSA) is 46.9 Å². The number of hydrogen-bond donors (Lipinski definition) is 1. The van der Waals surface area contributed by atoms with E-state index in [1.54, 1.807) is 12.1 Å². The van der Waals surface area contributed by atoms with Gasteiger partial charge in [0.25, 0.3) is 0 Å². The van der Waals surface area contributed by atoms with E-state index in [9.17, 15) is 4.79 Å². The van der Waals surface area contributed by atoms with E-state index in [0.717, 1.165) is 29.0 Å². The highest BCUT2D eigenvalue weighted by atomic mass is 35.5. The van der Waals surface area contributed by atoms with E-state index in [-0.39, 0.29) is 5.91 Å². The van der Waals surface area contributed by atoms with Crippen molar-refractivity contribution < 1.29 is 4.79 Å². The Hall–Kier alpha value is -3.37. The Morgan fingerprint density at radius 2 is 1.71 bits per heavy atom. The van der Waals surface area contributed by atoms with Gasteiger partial charge in [0.2, 0.25) is 5.91 Å². The van der Waals surface area contributed by atoms with Crippen molar-refractivity contribution in [3.05, 3.63) is 107 Å². The SMILES string of the molecule is O=C(Cc1ccc(Cl)cc1)NCCc1nc2ccccc2n1C/C=C/c1ccccc1. The summed E-state index contributed by atoms with van der Waals surface area (Å²) >= 11 is 5.90. The van der Waals surface area contributed by atoms with Crippen molar-refractivity contribution in [1.82, 2.24) is 14.9 Å². The summed E-state index contributed by atoms with van der Waals surface area (Å²) in [4.78, 5) is 17.1. The van der Waals surface area contributed by atoms with Crippen LogP contribution in [0.2, 0.25) is 5.02 Å². The highest BCUT2D eigenvalue weighted by molar-refractivity contribution is 6.30. The summed E-state index contributed by atoms with van der Waals surface area (Å²) in [5, 5.41) is 3.68. The number of nitrogens with one attached hydrogen (secondary N) is 1. The number of benzene rings is 3. The van der Waals surface area contributed by atoms with E-state index in [1.165, 1.54) is 5.56 Å². The number of carbonyl (C=O) groups excluding carboxylic acids is 1. The van der Waals surface area contributed by atoms with E-state index in [1.807, 2.05) is 48.5 Å². The third kappa shape index (κ3) is 5.62. The number of halogens is 1. The highest BCUT2D eigenvalue weighted by Gasteiger charge is 2.10. The number of aromatic nitrogens is 2. The lowest BCUT2D eigenvalue weighted by molar-refractivity contribution is -0.120. The summed E-state index contributed by atoms with van der Waals surface area (Å²) < 4.78 is 2.21. The normalized spacial score (nSPS) is 11.3. The van der Waals surface area contributed by atoms with Gasteiger partial charge in [-0.2, -0.15) is 0 Å². The average Bonchev–Trinajstić information content (AvgIpc) is 3.14. The predicted octanol–water partition coefficient (Wildman–Crippen LogP) is 5.30. The van der Waals surface area contributed by atoms with Crippen molar-refractivity contribution in [3.8, 4) is 0 Å². The zero-order valence-electron chi connectivity index (χ0n) is 17.2. The number of rotatable bonds is 8. The Kier molecular flexibility index (Phi) is 6.80. The molecule has 0 spiro atoms. The summed E-state index contributed by atoms with van der Waals surface area (Å²) in [6.07, 6.45) is 5.27. The van der Waals surface area contributed by atoms with Crippen LogP contribution in [-0.2, 0) is 24.2 Å². The van der Waals surface area contributed by atoms with Gasteiger partial charge in [0.15, 0.2) is 0 Å². The minimum absolute atomic E-state index is 0.00560. The van der Waals surface area contributed by atoms with Gasteiger partial charge in [-0.15, -0.1) is 0 Å². The van der Waals surface area contributed by atoms with Crippen LogP contribution in [0.3, 0.4) is 0 Å². The maximum absolute atomic E-state index is 12.3. The van der Waals surface area contributed by atoms with Gasteiger partial charge in [-0.3, -0.25) is 4.79 Å². The second kappa shape index (κ2) is 10.1. The number of hydrogen-bond acceptors (Lipinski definition) is 2. The molecule has 1 N–H and O–H groups in total.